The third kappa shape index (κ3) is 3.94. The Hall–Kier alpha value is -1.92. The van der Waals surface area contributed by atoms with E-state index in [9.17, 15) is 18.5 Å². The van der Waals surface area contributed by atoms with Gasteiger partial charge in [0.2, 0.25) is 0 Å². The van der Waals surface area contributed by atoms with E-state index in [0.717, 1.165) is 0 Å². The third-order valence-electron chi connectivity index (χ3n) is 3.67. The Balaban J connectivity index is 2.54. The highest BCUT2D eigenvalue weighted by molar-refractivity contribution is 7.91. The Labute approximate surface area is 146 Å². The van der Waals surface area contributed by atoms with E-state index in [1.54, 1.807) is 30.3 Å². The molecular weight excluding hydrogens is 350 g/mol. The molecular formula is C17H18ClNO4S. The summed E-state index contributed by atoms with van der Waals surface area (Å²) in [7, 11) is -3.63. The van der Waals surface area contributed by atoms with Crippen LogP contribution in [0.5, 0.6) is 0 Å². The van der Waals surface area contributed by atoms with Crippen LogP contribution in [0.15, 0.2) is 53.4 Å². The summed E-state index contributed by atoms with van der Waals surface area (Å²) >= 11 is 5.96. The van der Waals surface area contributed by atoms with Crippen molar-refractivity contribution in [3.8, 4) is 0 Å². The van der Waals surface area contributed by atoms with E-state index in [1.807, 2.05) is 13.8 Å². The third-order valence-corrected chi connectivity index (χ3v) is 6.12. The van der Waals surface area contributed by atoms with Crippen LogP contribution in [0, 0.1) is 16.0 Å². The first-order valence-electron chi connectivity index (χ1n) is 7.46. The van der Waals surface area contributed by atoms with Crippen molar-refractivity contribution in [2.24, 2.45) is 5.92 Å². The second kappa shape index (κ2) is 7.32. The lowest BCUT2D eigenvalue weighted by molar-refractivity contribution is -0.384. The average Bonchev–Trinajstić information content (AvgIpc) is 2.52. The molecule has 1 unspecified atom stereocenters. The van der Waals surface area contributed by atoms with Gasteiger partial charge in [0.15, 0.2) is 9.84 Å². The van der Waals surface area contributed by atoms with Gasteiger partial charge in [-0.05, 0) is 36.1 Å². The van der Waals surface area contributed by atoms with Gasteiger partial charge in [-0.15, -0.1) is 0 Å². The molecule has 0 fully saturated rings. The molecule has 0 saturated heterocycles. The van der Waals surface area contributed by atoms with Gasteiger partial charge in [-0.2, -0.15) is 0 Å². The fourth-order valence-corrected chi connectivity index (χ4v) is 4.78. The van der Waals surface area contributed by atoms with Gasteiger partial charge < -0.3 is 0 Å². The van der Waals surface area contributed by atoms with Gasteiger partial charge >= 0.3 is 0 Å². The fraction of sp³-hybridized carbons (Fsp3) is 0.294. The summed E-state index contributed by atoms with van der Waals surface area (Å²) in [5.74, 6) is 0.127. The summed E-state index contributed by atoms with van der Waals surface area (Å²) in [4.78, 5) is 10.5. The van der Waals surface area contributed by atoms with Gasteiger partial charge in [0, 0.05) is 6.07 Å². The molecule has 0 bridgehead atoms. The van der Waals surface area contributed by atoms with Crippen LogP contribution < -0.4 is 0 Å². The predicted molar refractivity (Wildman–Crippen MR) is 93.9 cm³/mol. The van der Waals surface area contributed by atoms with Crippen molar-refractivity contribution < 1.29 is 13.3 Å². The molecule has 0 aliphatic heterocycles. The monoisotopic (exact) mass is 367 g/mol. The van der Waals surface area contributed by atoms with Gasteiger partial charge in [-0.3, -0.25) is 10.1 Å². The lowest BCUT2D eigenvalue weighted by Gasteiger charge is -2.20. The molecule has 5 nitrogen and oxygen atoms in total. The average molecular weight is 368 g/mol. The summed E-state index contributed by atoms with van der Waals surface area (Å²) in [6.45, 7) is 3.86. The zero-order valence-corrected chi connectivity index (χ0v) is 14.9. The number of nitrogens with zero attached hydrogens (tertiary/aromatic N) is 1. The number of nitro groups is 1. The summed E-state index contributed by atoms with van der Waals surface area (Å²) in [5, 5.41) is 10.0. The van der Waals surface area contributed by atoms with Gasteiger partial charge in [0.25, 0.3) is 5.69 Å². The fourth-order valence-electron chi connectivity index (χ4n) is 2.52. The lowest BCUT2D eigenvalue weighted by atomic mass is 10.0. The highest BCUT2D eigenvalue weighted by Gasteiger charge is 2.30. The molecule has 0 radical (unpaired) electrons. The van der Waals surface area contributed by atoms with E-state index in [-0.39, 0.29) is 21.5 Å². The van der Waals surface area contributed by atoms with E-state index >= 15 is 0 Å². The number of halogens is 1. The van der Waals surface area contributed by atoms with Crippen molar-refractivity contribution in [2.45, 2.75) is 30.4 Å². The Morgan fingerprint density at radius 2 is 1.75 bits per heavy atom. The highest BCUT2D eigenvalue weighted by Crippen LogP contribution is 2.37. The maximum absolute atomic E-state index is 13.0. The SMILES string of the molecule is CC(C)CC(c1ccc([N+](=O)[O-])c(Cl)c1)S(=O)(=O)c1ccccc1. The summed E-state index contributed by atoms with van der Waals surface area (Å²) in [5.41, 5.74) is 0.226. The van der Waals surface area contributed by atoms with Crippen LogP contribution in [0.25, 0.3) is 0 Å². The normalized spacial score (nSPS) is 13.0. The lowest BCUT2D eigenvalue weighted by Crippen LogP contribution is -2.16. The van der Waals surface area contributed by atoms with Gasteiger partial charge in [0.1, 0.15) is 5.02 Å². The van der Waals surface area contributed by atoms with E-state index in [1.165, 1.54) is 18.2 Å². The number of rotatable bonds is 6. The topological polar surface area (TPSA) is 77.3 Å². The van der Waals surface area contributed by atoms with Crippen LogP contribution in [0.1, 0.15) is 31.1 Å². The van der Waals surface area contributed by atoms with Gasteiger partial charge in [-0.25, -0.2) is 8.42 Å². The predicted octanol–water partition coefficient (Wildman–Crippen LogP) is 4.81. The van der Waals surface area contributed by atoms with Crippen LogP contribution in [0.2, 0.25) is 5.02 Å². The molecule has 2 aromatic rings. The minimum absolute atomic E-state index is 0.0606. The standard InChI is InChI=1S/C17H18ClNO4S/c1-12(2)10-17(24(22,23)14-6-4-3-5-7-14)13-8-9-16(19(20)21)15(18)11-13/h3-9,11-12,17H,10H2,1-2H3. The van der Waals surface area contributed by atoms with Crippen LogP contribution in [0.3, 0.4) is 0 Å². The van der Waals surface area contributed by atoms with Gasteiger partial charge in [0.05, 0.1) is 15.1 Å². The van der Waals surface area contributed by atoms with Crippen molar-refractivity contribution in [3.63, 3.8) is 0 Å². The van der Waals surface area contributed by atoms with E-state index in [2.05, 4.69) is 0 Å². The summed E-state index contributed by atoms with van der Waals surface area (Å²) < 4.78 is 26.0. The smallest absolute Gasteiger partial charge is 0.258 e. The molecule has 2 aromatic carbocycles. The van der Waals surface area contributed by atoms with E-state index in [4.69, 9.17) is 11.6 Å². The van der Waals surface area contributed by atoms with Crippen LogP contribution >= 0.6 is 11.6 Å². The second-order valence-electron chi connectivity index (χ2n) is 5.94. The molecule has 0 aromatic heterocycles. The molecule has 0 amide bonds. The molecule has 0 aliphatic rings. The number of nitro benzene ring substituents is 1. The zero-order chi connectivity index (χ0) is 17.9. The molecule has 24 heavy (non-hydrogen) atoms. The van der Waals surface area contributed by atoms with Crippen molar-refractivity contribution in [3.05, 3.63) is 69.2 Å². The molecule has 7 heteroatoms. The number of hydrogen-bond donors (Lipinski definition) is 0. The van der Waals surface area contributed by atoms with Crippen LogP contribution in [0.4, 0.5) is 5.69 Å². The minimum atomic E-state index is -3.63. The quantitative estimate of drug-likeness (QED) is 0.542. The first-order valence-corrected chi connectivity index (χ1v) is 9.38. The Bertz CT molecular complexity index is 835. The molecule has 128 valence electrons. The Morgan fingerprint density at radius 3 is 2.25 bits per heavy atom. The summed E-state index contributed by atoms with van der Waals surface area (Å²) in [6, 6.07) is 12.3. The maximum Gasteiger partial charge on any atom is 0.287 e. The zero-order valence-electron chi connectivity index (χ0n) is 13.3. The Morgan fingerprint density at radius 1 is 1.12 bits per heavy atom. The maximum atomic E-state index is 13.0. The van der Waals surface area contributed by atoms with Gasteiger partial charge in [-0.1, -0.05) is 49.7 Å². The van der Waals surface area contributed by atoms with Crippen molar-refractivity contribution in [1.82, 2.24) is 0 Å². The van der Waals surface area contributed by atoms with E-state index < -0.39 is 20.0 Å². The minimum Gasteiger partial charge on any atom is -0.258 e. The number of hydrogen-bond acceptors (Lipinski definition) is 4. The molecule has 1 atom stereocenters. The van der Waals surface area contributed by atoms with Crippen LogP contribution in [-0.4, -0.2) is 13.3 Å². The first-order chi connectivity index (χ1) is 11.2. The molecule has 0 N–H and O–H groups in total. The van der Waals surface area contributed by atoms with Crippen molar-refractivity contribution in [2.75, 3.05) is 0 Å². The van der Waals surface area contributed by atoms with E-state index in [0.29, 0.717) is 12.0 Å². The number of benzene rings is 2. The second-order valence-corrected chi connectivity index (χ2v) is 8.48. The number of sulfone groups is 1. The molecule has 0 aliphatic carbocycles. The van der Waals surface area contributed by atoms with Crippen molar-refractivity contribution in [1.29, 1.82) is 0 Å². The Kier molecular flexibility index (Phi) is 5.62. The van der Waals surface area contributed by atoms with Crippen molar-refractivity contribution >= 4 is 27.1 Å². The first kappa shape index (κ1) is 18.4. The highest BCUT2D eigenvalue weighted by atomic mass is 35.5. The summed E-state index contributed by atoms with van der Waals surface area (Å²) in [6.07, 6.45) is 0.394. The van der Waals surface area contributed by atoms with Crippen LogP contribution in [-0.2, 0) is 9.84 Å². The molecule has 2 rings (SSSR count). The molecule has 0 heterocycles. The molecule has 0 saturated carbocycles. The molecule has 0 spiro atoms. The largest absolute Gasteiger partial charge is 0.287 e.